The van der Waals surface area contributed by atoms with Crippen molar-refractivity contribution >= 4 is 11.7 Å². The third kappa shape index (κ3) is 5.97. The van der Waals surface area contributed by atoms with Crippen LogP contribution in [0, 0.1) is 17.2 Å². The molecule has 38 heavy (non-hydrogen) atoms. The Morgan fingerprint density at radius 1 is 1.08 bits per heavy atom. The Morgan fingerprint density at radius 3 is 2.55 bits per heavy atom. The van der Waals surface area contributed by atoms with Crippen LogP contribution >= 0.6 is 0 Å². The summed E-state index contributed by atoms with van der Waals surface area (Å²) < 4.78 is 12.6. The number of anilines is 1. The SMILES string of the molecule is COC(=O)c1ccc(-c2ccc(N(Cc3cncn3Cc3ccc(C#N)cc3)CC3CCCCC3)cc2)o1. The zero-order valence-corrected chi connectivity index (χ0v) is 21.7. The van der Waals surface area contributed by atoms with Crippen molar-refractivity contribution in [3.8, 4) is 17.4 Å². The molecule has 0 bridgehead atoms. The number of carbonyl (C=O) groups is 1. The lowest BCUT2D eigenvalue weighted by atomic mass is 9.89. The standard InChI is InChI=1S/C31H32N4O3/c1-37-31(36)30-16-15-29(38-30)26-11-13-27(14-12-26)34(19-24-5-3-2-4-6-24)21-28-18-33-22-35(28)20-25-9-7-23(17-32)8-10-25/h7-16,18,22,24H,2-6,19-21H2,1H3. The molecule has 4 aromatic rings. The van der Waals surface area contributed by atoms with Crippen molar-refractivity contribution in [2.24, 2.45) is 5.92 Å². The number of nitrogens with zero attached hydrogens (tertiary/aromatic N) is 4. The summed E-state index contributed by atoms with van der Waals surface area (Å²) in [4.78, 5) is 18.7. The van der Waals surface area contributed by atoms with E-state index in [0.29, 0.717) is 23.8 Å². The number of benzene rings is 2. The van der Waals surface area contributed by atoms with Gasteiger partial charge < -0.3 is 18.6 Å². The molecule has 1 aliphatic rings. The summed E-state index contributed by atoms with van der Waals surface area (Å²) in [7, 11) is 1.34. The normalized spacial score (nSPS) is 13.7. The van der Waals surface area contributed by atoms with Gasteiger partial charge in [-0.25, -0.2) is 9.78 Å². The second-order valence-corrected chi connectivity index (χ2v) is 9.91. The lowest BCUT2D eigenvalue weighted by molar-refractivity contribution is 0.0566. The Morgan fingerprint density at radius 2 is 1.84 bits per heavy atom. The second-order valence-electron chi connectivity index (χ2n) is 9.91. The quantitative estimate of drug-likeness (QED) is 0.242. The number of furan rings is 1. The molecule has 0 amide bonds. The van der Waals surface area contributed by atoms with E-state index >= 15 is 0 Å². The van der Waals surface area contributed by atoms with Gasteiger partial charge in [0.05, 0.1) is 37.3 Å². The van der Waals surface area contributed by atoms with Gasteiger partial charge >= 0.3 is 5.97 Å². The van der Waals surface area contributed by atoms with Crippen molar-refractivity contribution < 1.29 is 13.9 Å². The highest BCUT2D eigenvalue weighted by atomic mass is 16.5. The highest BCUT2D eigenvalue weighted by Gasteiger charge is 2.20. The van der Waals surface area contributed by atoms with Crippen LogP contribution in [0.25, 0.3) is 11.3 Å². The number of ether oxygens (including phenoxy) is 1. The van der Waals surface area contributed by atoms with Gasteiger partial charge in [0.2, 0.25) is 5.76 Å². The first-order valence-corrected chi connectivity index (χ1v) is 13.1. The third-order valence-corrected chi connectivity index (χ3v) is 7.30. The average Bonchev–Trinajstić information content (AvgIpc) is 3.63. The first-order chi connectivity index (χ1) is 18.6. The number of aromatic nitrogens is 2. The molecular weight excluding hydrogens is 476 g/mol. The van der Waals surface area contributed by atoms with Crippen LogP contribution in [0.3, 0.4) is 0 Å². The first-order valence-electron chi connectivity index (χ1n) is 13.1. The van der Waals surface area contributed by atoms with E-state index in [-0.39, 0.29) is 5.76 Å². The molecule has 194 valence electrons. The van der Waals surface area contributed by atoms with E-state index in [9.17, 15) is 4.79 Å². The number of methoxy groups -OCH3 is 1. The Balaban J connectivity index is 1.36. The van der Waals surface area contributed by atoms with Crippen LogP contribution in [-0.2, 0) is 17.8 Å². The van der Waals surface area contributed by atoms with E-state index in [1.165, 1.54) is 39.2 Å². The zero-order valence-electron chi connectivity index (χ0n) is 21.7. The van der Waals surface area contributed by atoms with Crippen molar-refractivity contribution in [1.29, 1.82) is 5.26 Å². The van der Waals surface area contributed by atoms with Crippen molar-refractivity contribution in [2.45, 2.75) is 45.2 Å². The molecular formula is C31H32N4O3. The molecule has 0 aliphatic heterocycles. The molecule has 0 radical (unpaired) electrons. The highest BCUT2D eigenvalue weighted by molar-refractivity contribution is 5.87. The van der Waals surface area contributed by atoms with Crippen molar-refractivity contribution in [2.75, 3.05) is 18.6 Å². The number of hydrogen-bond acceptors (Lipinski definition) is 6. The van der Waals surface area contributed by atoms with Crippen molar-refractivity contribution in [3.63, 3.8) is 0 Å². The number of rotatable bonds is 9. The Bertz CT molecular complexity index is 1390. The molecule has 7 nitrogen and oxygen atoms in total. The average molecular weight is 509 g/mol. The minimum atomic E-state index is -0.482. The van der Waals surface area contributed by atoms with Gasteiger partial charge in [0.1, 0.15) is 5.76 Å². The Kier molecular flexibility index (Phi) is 7.89. The van der Waals surface area contributed by atoms with Gasteiger partial charge in [-0.1, -0.05) is 31.4 Å². The van der Waals surface area contributed by atoms with Crippen molar-refractivity contribution in [1.82, 2.24) is 9.55 Å². The number of imidazole rings is 1. The van der Waals surface area contributed by atoms with Crippen LogP contribution in [0.2, 0.25) is 0 Å². The molecule has 0 N–H and O–H groups in total. The van der Waals surface area contributed by atoms with E-state index in [1.54, 1.807) is 12.1 Å². The molecule has 0 spiro atoms. The number of hydrogen-bond donors (Lipinski definition) is 0. The molecule has 1 saturated carbocycles. The number of carbonyl (C=O) groups excluding carboxylic acids is 1. The fourth-order valence-corrected chi connectivity index (χ4v) is 5.18. The van der Waals surface area contributed by atoms with E-state index in [4.69, 9.17) is 14.4 Å². The molecule has 1 aliphatic carbocycles. The van der Waals surface area contributed by atoms with Gasteiger partial charge in [-0.15, -0.1) is 0 Å². The molecule has 1 fully saturated rings. The van der Waals surface area contributed by atoms with E-state index in [2.05, 4.69) is 32.7 Å². The van der Waals surface area contributed by atoms with E-state index in [0.717, 1.165) is 35.6 Å². The fourth-order valence-electron chi connectivity index (χ4n) is 5.18. The van der Waals surface area contributed by atoms with Crippen LogP contribution in [0.5, 0.6) is 0 Å². The van der Waals surface area contributed by atoms with Crippen LogP contribution in [-0.4, -0.2) is 29.2 Å². The minimum Gasteiger partial charge on any atom is -0.463 e. The van der Waals surface area contributed by atoms with Gasteiger partial charge in [-0.2, -0.15) is 5.26 Å². The monoisotopic (exact) mass is 508 g/mol. The first kappa shape index (κ1) is 25.3. The molecule has 7 heteroatoms. The Hall–Kier alpha value is -4.31. The topological polar surface area (TPSA) is 84.3 Å². The molecule has 5 rings (SSSR count). The van der Waals surface area contributed by atoms with Gasteiger partial charge in [0.15, 0.2) is 0 Å². The summed E-state index contributed by atoms with van der Waals surface area (Å²) >= 11 is 0. The predicted molar refractivity (Wildman–Crippen MR) is 146 cm³/mol. The van der Waals surface area contributed by atoms with Gasteiger partial charge in [0.25, 0.3) is 0 Å². The van der Waals surface area contributed by atoms with E-state index < -0.39 is 5.97 Å². The number of esters is 1. The molecule has 2 heterocycles. The second kappa shape index (κ2) is 11.8. The predicted octanol–water partition coefficient (Wildman–Crippen LogP) is 6.44. The summed E-state index contributed by atoms with van der Waals surface area (Å²) in [5.41, 5.74) is 4.99. The summed E-state index contributed by atoms with van der Waals surface area (Å²) in [6, 6.07) is 21.7. The molecule has 0 unspecified atom stereocenters. The van der Waals surface area contributed by atoms with Crippen LogP contribution in [0.15, 0.2) is 77.6 Å². The summed E-state index contributed by atoms with van der Waals surface area (Å²) in [5, 5.41) is 9.09. The van der Waals surface area contributed by atoms with Gasteiger partial charge in [-0.3, -0.25) is 0 Å². The smallest absolute Gasteiger partial charge is 0.373 e. The number of nitriles is 1. The van der Waals surface area contributed by atoms with Crippen LogP contribution in [0.4, 0.5) is 5.69 Å². The molecule has 2 aromatic carbocycles. The molecule has 0 atom stereocenters. The third-order valence-electron chi connectivity index (χ3n) is 7.30. The maximum atomic E-state index is 11.8. The van der Waals surface area contributed by atoms with Crippen LogP contribution < -0.4 is 4.90 Å². The summed E-state index contributed by atoms with van der Waals surface area (Å²) in [6.45, 7) is 2.45. The maximum absolute atomic E-state index is 11.8. The van der Waals surface area contributed by atoms with Crippen molar-refractivity contribution in [3.05, 3.63) is 95.8 Å². The maximum Gasteiger partial charge on any atom is 0.373 e. The Labute approximate surface area is 223 Å². The summed E-state index contributed by atoms with van der Waals surface area (Å²) in [5.74, 6) is 1.02. The van der Waals surface area contributed by atoms with Gasteiger partial charge in [-0.05, 0) is 72.9 Å². The summed E-state index contributed by atoms with van der Waals surface area (Å²) in [6.07, 6.45) is 10.3. The fraction of sp³-hybridized carbons (Fsp3) is 0.323. The van der Waals surface area contributed by atoms with E-state index in [1.807, 2.05) is 48.9 Å². The minimum absolute atomic E-state index is 0.195. The molecule has 0 saturated heterocycles. The lowest BCUT2D eigenvalue weighted by Gasteiger charge is -2.31. The zero-order chi connectivity index (χ0) is 26.3. The highest BCUT2D eigenvalue weighted by Crippen LogP contribution is 2.30. The largest absolute Gasteiger partial charge is 0.463 e. The molecule has 2 aromatic heterocycles. The van der Waals surface area contributed by atoms with Crippen LogP contribution in [0.1, 0.15) is 59.5 Å². The lowest BCUT2D eigenvalue weighted by Crippen LogP contribution is -2.31. The van der Waals surface area contributed by atoms with Gasteiger partial charge in [0, 0.05) is 30.5 Å².